The minimum atomic E-state index is -4.41. The van der Waals surface area contributed by atoms with Gasteiger partial charge in [-0.05, 0) is 28.7 Å². The van der Waals surface area contributed by atoms with Crippen LogP contribution in [0.3, 0.4) is 0 Å². The molecule has 0 aliphatic carbocycles. The van der Waals surface area contributed by atoms with Crippen molar-refractivity contribution in [1.82, 2.24) is 0 Å². The molecule has 0 amide bonds. The number of hydrogen-bond donors (Lipinski definition) is 0. The van der Waals surface area contributed by atoms with Gasteiger partial charge in [0.15, 0.2) is 0 Å². The largest absolute Gasteiger partial charge is 0.410 e. The lowest BCUT2D eigenvalue weighted by molar-refractivity contribution is -0.0792. The Balaban J connectivity index is 2.41. The second-order valence-corrected chi connectivity index (χ2v) is 6.54. The third-order valence-electron chi connectivity index (χ3n) is 3.49. The van der Waals surface area contributed by atoms with E-state index in [0.717, 1.165) is 5.56 Å². The predicted molar refractivity (Wildman–Crippen MR) is 92.5 cm³/mol. The summed E-state index contributed by atoms with van der Waals surface area (Å²) < 4.78 is 38.5. The van der Waals surface area contributed by atoms with Gasteiger partial charge in [0.2, 0.25) is 0 Å². The number of rotatable bonds is 1. The maximum atomic E-state index is 12.8. The fourth-order valence-electron chi connectivity index (χ4n) is 2.17. The molecule has 0 atom stereocenters. The molecule has 2 aromatic carbocycles. The molecule has 0 radical (unpaired) electrons. The molecule has 0 fully saturated rings. The van der Waals surface area contributed by atoms with Gasteiger partial charge in [-0.3, -0.25) is 0 Å². The first kappa shape index (κ1) is 17.9. The van der Waals surface area contributed by atoms with E-state index in [1.54, 1.807) is 36.4 Å². The fraction of sp³-hybridized carbons (Fsp3) is 0.238. The molecule has 0 unspecified atom stereocenters. The minimum absolute atomic E-state index is 0.0354. The first-order valence-electron chi connectivity index (χ1n) is 7.63. The minimum Gasteiger partial charge on any atom is -0.167 e. The molecule has 0 saturated carbocycles. The lowest BCUT2D eigenvalue weighted by atomic mass is 9.86. The first-order chi connectivity index (χ1) is 11.1. The Morgan fingerprint density at radius 1 is 0.875 bits per heavy atom. The van der Waals surface area contributed by atoms with Gasteiger partial charge in [-0.25, -0.2) is 0 Å². The number of hydrogen-bond acceptors (Lipinski definition) is 0. The second-order valence-electron chi connectivity index (χ2n) is 6.54. The van der Waals surface area contributed by atoms with E-state index in [-0.39, 0.29) is 17.1 Å². The molecule has 0 saturated heterocycles. The molecule has 24 heavy (non-hydrogen) atoms. The molecule has 0 aromatic heterocycles. The summed E-state index contributed by atoms with van der Waals surface area (Å²) in [5, 5.41) is 0. The van der Waals surface area contributed by atoms with E-state index < -0.39 is 6.18 Å². The summed E-state index contributed by atoms with van der Waals surface area (Å²) in [6.45, 7) is 6.18. The molecule has 0 heterocycles. The molecule has 0 aliphatic rings. The highest BCUT2D eigenvalue weighted by Gasteiger charge is 2.24. The van der Waals surface area contributed by atoms with Crippen molar-refractivity contribution in [2.45, 2.75) is 32.4 Å². The maximum absolute atomic E-state index is 12.8. The lowest BCUT2D eigenvalue weighted by Gasteiger charge is -2.19. The Hall–Kier alpha value is -2.47. The molecule has 2 aromatic rings. The predicted octanol–water partition coefficient (Wildman–Crippen LogP) is 5.98. The molecular formula is C21H19F3. The Morgan fingerprint density at radius 3 is 1.96 bits per heavy atom. The van der Waals surface area contributed by atoms with Crippen molar-refractivity contribution in [3.05, 3.63) is 77.4 Å². The molecule has 124 valence electrons. The number of benzene rings is 2. The van der Waals surface area contributed by atoms with Crippen LogP contribution in [0, 0.1) is 11.8 Å². The summed E-state index contributed by atoms with van der Waals surface area (Å²) in [6, 6.07) is 16.1. The Labute approximate surface area is 141 Å². The normalized spacial score (nSPS) is 12.5. The smallest absolute Gasteiger partial charge is 0.167 e. The van der Waals surface area contributed by atoms with Crippen molar-refractivity contribution in [3.8, 4) is 11.8 Å². The van der Waals surface area contributed by atoms with Crippen molar-refractivity contribution in [2.24, 2.45) is 0 Å². The van der Waals surface area contributed by atoms with Gasteiger partial charge in [0.1, 0.15) is 0 Å². The summed E-state index contributed by atoms with van der Waals surface area (Å²) in [4.78, 5) is 0. The van der Waals surface area contributed by atoms with Gasteiger partial charge in [-0.15, -0.1) is 0 Å². The fourth-order valence-corrected chi connectivity index (χ4v) is 2.17. The molecular weight excluding hydrogens is 309 g/mol. The van der Waals surface area contributed by atoms with E-state index >= 15 is 0 Å². The maximum Gasteiger partial charge on any atom is 0.410 e. The summed E-state index contributed by atoms with van der Waals surface area (Å²) in [7, 11) is 0. The van der Waals surface area contributed by atoms with Gasteiger partial charge in [-0.1, -0.05) is 75.1 Å². The van der Waals surface area contributed by atoms with Crippen LogP contribution in [0.15, 0.2) is 60.7 Å². The van der Waals surface area contributed by atoms with Crippen LogP contribution < -0.4 is 0 Å². The van der Waals surface area contributed by atoms with Gasteiger partial charge < -0.3 is 0 Å². The number of halogens is 3. The number of allylic oxidation sites excluding steroid dienone is 2. The van der Waals surface area contributed by atoms with E-state index in [1.165, 1.54) is 0 Å². The summed E-state index contributed by atoms with van der Waals surface area (Å²) in [5.41, 5.74) is 2.11. The van der Waals surface area contributed by atoms with E-state index in [1.807, 2.05) is 18.2 Å². The van der Waals surface area contributed by atoms with Crippen molar-refractivity contribution in [3.63, 3.8) is 0 Å². The summed E-state index contributed by atoms with van der Waals surface area (Å²) in [5.74, 6) is 5.45. The SMILES string of the molecule is CC(C)(C)c1ccc(/C(C#Cc2ccccc2)=C/C(F)(F)F)cc1. The van der Waals surface area contributed by atoms with E-state index in [2.05, 4.69) is 32.6 Å². The summed E-state index contributed by atoms with van der Waals surface area (Å²) >= 11 is 0. The molecule has 0 aliphatic heterocycles. The quantitative estimate of drug-likeness (QED) is 0.565. The Bertz CT molecular complexity index is 762. The van der Waals surface area contributed by atoms with E-state index in [9.17, 15) is 13.2 Å². The monoisotopic (exact) mass is 328 g/mol. The zero-order valence-electron chi connectivity index (χ0n) is 13.9. The Morgan fingerprint density at radius 2 is 1.46 bits per heavy atom. The molecule has 3 heteroatoms. The van der Waals surface area contributed by atoms with Gasteiger partial charge in [-0.2, -0.15) is 13.2 Å². The van der Waals surface area contributed by atoms with Crippen LogP contribution in [0.5, 0.6) is 0 Å². The van der Waals surface area contributed by atoms with Crippen LogP contribution in [-0.2, 0) is 5.41 Å². The molecule has 2 rings (SSSR count). The number of alkyl halides is 3. The third kappa shape index (κ3) is 5.31. The van der Waals surface area contributed by atoms with Gasteiger partial charge in [0.05, 0.1) is 0 Å². The molecule has 0 N–H and O–H groups in total. The van der Waals surface area contributed by atoms with Crippen molar-refractivity contribution in [1.29, 1.82) is 0 Å². The standard InChI is InChI=1S/C21H19F3/c1-20(2,3)19-13-11-17(12-14-19)18(15-21(22,23)24)10-9-16-7-5-4-6-8-16/h4-8,11-15H,1-3H3/b18-15+. The van der Waals surface area contributed by atoms with Gasteiger partial charge in [0.25, 0.3) is 0 Å². The van der Waals surface area contributed by atoms with Gasteiger partial charge in [0, 0.05) is 17.2 Å². The zero-order valence-corrected chi connectivity index (χ0v) is 13.9. The van der Waals surface area contributed by atoms with Crippen LogP contribution >= 0.6 is 0 Å². The lowest BCUT2D eigenvalue weighted by Crippen LogP contribution is -2.10. The highest BCUT2D eigenvalue weighted by molar-refractivity contribution is 5.80. The first-order valence-corrected chi connectivity index (χ1v) is 7.63. The van der Waals surface area contributed by atoms with Gasteiger partial charge >= 0.3 is 6.18 Å². The molecule has 0 spiro atoms. The van der Waals surface area contributed by atoms with Crippen LogP contribution in [0.25, 0.3) is 5.57 Å². The molecule has 0 bridgehead atoms. The second kappa shape index (κ2) is 6.97. The third-order valence-corrected chi connectivity index (χ3v) is 3.49. The van der Waals surface area contributed by atoms with Crippen LogP contribution in [0.4, 0.5) is 13.2 Å². The topological polar surface area (TPSA) is 0 Å². The zero-order chi connectivity index (χ0) is 17.8. The van der Waals surface area contributed by atoms with E-state index in [4.69, 9.17) is 0 Å². The highest BCUT2D eigenvalue weighted by Crippen LogP contribution is 2.27. The molecule has 0 nitrogen and oxygen atoms in total. The van der Waals surface area contributed by atoms with Crippen LogP contribution in [-0.4, -0.2) is 6.18 Å². The average Bonchev–Trinajstić information content (AvgIpc) is 2.51. The summed E-state index contributed by atoms with van der Waals surface area (Å²) in [6.07, 6.45) is -4.15. The van der Waals surface area contributed by atoms with Crippen molar-refractivity contribution >= 4 is 5.57 Å². The van der Waals surface area contributed by atoms with Crippen molar-refractivity contribution < 1.29 is 13.2 Å². The van der Waals surface area contributed by atoms with Crippen LogP contribution in [0.1, 0.15) is 37.5 Å². The van der Waals surface area contributed by atoms with E-state index in [0.29, 0.717) is 11.1 Å². The van der Waals surface area contributed by atoms with Crippen molar-refractivity contribution in [2.75, 3.05) is 0 Å². The highest BCUT2D eigenvalue weighted by atomic mass is 19.4. The van der Waals surface area contributed by atoms with Crippen LogP contribution in [0.2, 0.25) is 0 Å². The average molecular weight is 328 g/mol. The Kier molecular flexibility index (Phi) is 5.19.